The number of nitrogens with two attached hydrogens (primary N) is 1. The molecule has 76 valence electrons. The van der Waals surface area contributed by atoms with Gasteiger partial charge < -0.3 is 0 Å². The van der Waals surface area contributed by atoms with Gasteiger partial charge in [0.1, 0.15) is 0 Å². The molecule has 0 aliphatic rings. The Hall–Kier alpha value is 0.680. The fraction of sp³-hybridized carbons (Fsp3) is 1.00. The quantitative estimate of drug-likeness (QED) is 0.711. The summed E-state index contributed by atoms with van der Waals surface area (Å²) in [6.07, 6.45) is 3.34. The van der Waals surface area contributed by atoms with Gasteiger partial charge in [-0.15, -0.1) is 0 Å². The summed E-state index contributed by atoms with van der Waals surface area (Å²) in [7, 11) is 0. The molecule has 0 rings (SSSR count). The summed E-state index contributed by atoms with van der Waals surface area (Å²) in [5.74, 6) is -1.79. The zero-order chi connectivity index (χ0) is 10.1. The van der Waals surface area contributed by atoms with Crippen LogP contribution in [0.15, 0.2) is 0 Å². The van der Waals surface area contributed by atoms with E-state index in [2.05, 4.69) is 33.8 Å². The van der Waals surface area contributed by atoms with E-state index in [9.17, 15) is 0 Å². The monoisotopic (exact) mass is 211 g/mol. The van der Waals surface area contributed by atoms with E-state index in [-0.39, 0.29) is 5.54 Å². The van der Waals surface area contributed by atoms with Gasteiger partial charge in [0.05, 0.1) is 0 Å². The molecule has 0 radical (unpaired) electrons. The molecular weight excluding hydrogens is 189 g/mol. The van der Waals surface area contributed by atoms with E-state index >= 15 is 0 Å². The van der Waals surface area contributed by atoms with Gasteiger partial charge >= 0.3 is 81.3 Å². The number of hydrogen-bond acceptors (Lipinski definition) is 1. The van der Waals surface area contributed by atoms with Crippen LogP contribution in [-0.2, 0) is 0 Å². The Balaban J connectivity index is 3.73. The molecular formula is C9H23ClNP. The van der Waals surface area contributed by atoms with Gasteiger partial charge in [0, 0.05) is 0 Å². The first kappa shape index (κ1) is 12.7. The van der Waals surface area contributed by atoms with Gasteiger partial charge in [-0.05, 0) is 0 Å². The first-order chi connectivity index (χ1) is 4.96. The molecule has 0 aromatic rings. The fourth-order valence-electron chi connectivity index (χ4n) is 1.07. The second kappa shape index (κ2) is 3.44. The SMILES string of the molecule is CC(C)(N)CCCP(C)(C)(C)Cl. The normalized spacial score (nSPS) is 17.1. The van der Waals surface area contributed by atoms with Gasteiger partial charge in [-0.3, -0.25) is 0 Å². The predicted molar refractivity (Wildman–Crippen MR) is 62.9 cm³/mol. The van der Waals surface area contributed by atoms with Crippen molar-refractivity contribution >= 4 is 17.2 Å². The van der Waals surface area contributed by atoms with Gasteiger partial charge in [-0.25, -0.2) is 0 Å². The summed E-state index contributed by atoms with van der Waals surface area (Å²) >= 11 is 6.41. The topological polar surface area (TPSA) is 26.0 Å². The van der Waals surface area contributed by atoms with Crippen LogP contribution in [0.1, 0.15) is 26.7 Å². The molecule has 0 aromatic carbocycles. The molecule has 3 heteroatoms. The van der Waals surface area contributed by atoms with Crippen molar-refractivity contribution in [1.82, 2.24) is 0 Å². The molecule has 0 aromatic heterocycles. The minimum absolute atomic E-state index is 0.0362. The fourth-order valence-corrected chi connectivity index (χ4v) is 2.65. The van der Waals surface area contributed by atoms with Crippen LogP contribution in [-0.4, -0.2) is 31.7 Å². The van der Waals surface area contributed by atoms with Crippen molar-refractivity contribution in [3.63, 3.8) is 0 Å². The van der Waals surface area contributed by atoms with Gasteiger partial charge in [0.2, 0.25) is 0 Å². The summed E-state index contributed by atoms with van der Waals surface area (Å²) in [6, 6.07) is 0. The molecule has 0 bridgehead atoms. The second-order valence-corrected chi connectivity index (χ2v) is 15.8. The van der Waals surface area contributed by atoms with Crippen LogP contribution in [0.3, 0.4) is 0 Å². The van der Waals surface area contributed by atoms with Crippen molar-refractivity contribution in [2.75, 3.05) is 26.2 Å². The van der Waals surface area contributed by atoms with Gasteiger partial charge in [-0.1, -0.05) is 0 Å². The van der Waals surface area contributed by atoms with E-state index < -0.39 is 5.96 Å². The zero-order valence-electron chi connectivity index (χ0n) is 9.02. The Morgan fingerprint density at radius 1 is 1.25 bits per heavy atom. The molecule has 0 atom stereocenters. The van der Waals surface area contributed by atoms with Crippen molar-refractivity contribution < 1.29 is 0 Å². The van der Waals surface area contributed by atoms with Crippen LogP contribution < -0.4 is 5.73 Å². The van der Waals surface area contributed by atoms with E-state index in [1.807, 2.05) is 0 Å². The molecule has 0 aliphatic heterocycles. The summed E-state index contributed by atoms with van der Waals surface area (Å²) in [4.78, 5) is 0. The third-order valence-electron chi connectivity index (χ3n) is 1.73. The molecule has 0 unspecified atom stereocenters. The molecule has 1 nitrogen and oxygen atoms in total. The average molecular weight is 212 g/mol. The van der Waals surface area contributed by atoms with Crippen molar-refractivity contribution in [1.29, 1.82) is 0 Å². The average Bonchev–Trinajstić information content (AvgIpc) is 1.52. The van der Waals surface area contributed by atoms with E-state index in [1.54, 1.807) is 0 Å². The van der Waals surface area contributed by atoms with Crippen molar-refractivity contribution in [3.05, 3.63) is 0 Å². The Labute approximate surface area is 81.8 Å². The third-order valence-corrected chi connectivity index (χ3v) is 4.07. The van der Waals surface area contributed by atoms with Gasteiger partial charge in [0.25, 0.3) is 0 Å². The van der Waals surface area contributed by atoms with E-state index in [0.717, 1.165) is 19.0 Å². The van der Waals surface area contributed by atoms with E-state index in [4.69, 9.17) is 17.0 Å². The molecule has 0 saturated heterocycles. The van der Waals surface area contributed by atoms with E-state index in [1.165, 1.54) is 0 Å². The maximum atomic E-state index is 6.41. The van der Waals surface area contributed by atoms with Gasteiger partial charge in [0.15, 0.2) is 0 Å². The predicted octanol–water partition coefficient (Wildman–Crippen LogP) is 3.10. The Kier molecular flexibility index (Phi) is 3.63. The number of hydrogen-bond donors (Lipinski definition) is 1. The standard InChI is InChI=1S/C9H23ClNP/c1-9(2,11)7-6-8-12(3,4,5)10/h6-8,11H2,1-5H3. The summed E-state index contributed by atoms with van der Waals surface area (Å²) in [6.45, 7) is 10.7. The maximum absolute atomic E-state index is 6.41. The Morgan fingerprint density at radius 2 is 1.67 bits per heavy atom. The van der Waals surface area contributed by atoms with Crippen LogP contribution in [0.25, 0.3) is 0 Å². The number of halogens is 1. The first-order valence-electron chi connectivity index (χ1n) is 4.47. The van der Waals surface area contributed by atoms with Crippen LogP contribution in [0.2, 0.25) is 0 Å². The molecule has 0 amide bonds. The second-order valence-electron chi connectivity index (χ2n) is 5.73. The first-order valence-corrected chi connectivity index (χ1v) is 9.14. The van der Waals surface area contributed by atoms with E-state index in [0.29, 0.717) is 0 Å². The molecule has 0 aliphatic carbocycles. The van der Waals surface area contributed by atoms with Crippen LogP contribution >= 0.6 is 17.2 Å². The number of rotatable bonds is 4. The molecule has 0 saturated carbocycles. The molecule has 0 fully saturated rings. The molecule has 0 spiro atoms. The molecule has 0 heterocycles. The molecule has 12 heavy (non-hydrogen) atoms. The summed E-state index contributed by atoms with van der Waals surface area (Å²) in [5, 5.41) is 0. The summed E-state index contributed by atoms with van der Waals surface area (Å²) in [5.41, 5.74) is 5.84. The Morgan fingerprint density at radius 3 is 1.92 bits per heavy atom. The Bertz CT molecular complexity index is 143. The van der Waals surface area contributed by atoms with Crippen molar-refractivity contribution in [2.45, 2.75) is 32.2 Å². The van der Waals surface area contributed by atoms with Crippen LogP contribution in [0.4, 0.5) is 0 Å². The van der Waals surface area contributed by atoms with Crippen molar-refractivity contribution in [2.24, 2.45) is 5.73 Å². The zero-order valence-corrected chi connectivity index (χ0v) is 10.7. The minimum atomic E-state index is -1.79. The van der Waals surface area contributed by atoms with Crippen LogP contribution in [0, 0.1) is 0 Å². The van der Waals surface area contributed by atoms with Gasteiger partial charge in [-0.2, -0.15) is 0 Å². The third kappa shape index (κ3) is 10.7. The van der Waals surface area contributed by atoms with Crippen molar-refractivity contribution in [3.8, 4) is 0 Å². The van der Waals surface area contributed by atoms with Crippen LogP contribution in [0.5, 0.6) is 0 Å². The molecule has 2 N–H and O–H groups in total. The summed E-state index contributed by atoms with van der Waals surface area (Å²) < 4.78 is 0.